The normalized spacial score (nSPS) is 13.7. The second-order valence-corrected chi connectivity index (χ2v) is 29.2. The van der Waals surface area contributed by atoms with Crippen molar-refractivity contribution in [2.45, 2.75) is 182 Å². The average Bonchev–Trinajstić information content (AvgIpc) is 3.50. The third kappa shape index (κ3) is 11.5. The van der Waals surface area contributed by atoms with Crippen molar-refractivity contribution < 1.29 is 0 Å². The first-order valence-electron chi connectivity index (χ1n) is 30.2. The molecule has 0 unspecified atom stereocenters. The molecule has 0 aromatic heterocycles. The summed E-state index contributed by atoms with van der Waals surface area (Å²) in [5.74, 6) is 2.32. The van der Waals surface area contributed by atoms with Crippen LogP contribution in [0.4, 0.5) is 0 Å². The summed E-state index contributed by atoms with van der Waals surface area (Å²) in [5, 5.41) is 5.82. The van der Waals surface area contributed by atoms with Crippen molar-refractivity contribution in [1.29, 1.82) is 0 Å². The summed E-state index contributed by atoms with van der Waals surface area (Å²) >= 11 is 0. The maximum absolute atomic E-state index is 2.79. The van der Waals surface area contributed by atoms with Gasteiger partial charge in [-0.3, -0.25) is 0 Å². The molecule has 0 bridgehead atoms. The van der Waals surface area contributed by atoms with Gasteiger partial charge in [-0.2, -0.15) is 0 Å². The Morgan fingerprint density at radius 2 is 0.577 bits per heavy atom. The minimum absolute atomic E-state index is 0.359. The first-order chi connectivity index (χ1) is 37.7. The van der Waals surface area contributed by atoms with E-state index in [0.717, 1.165) is 38.0 Å². The smallest absolute Gasteiger partial charge is 0.00199 e. The van der Waals surface area contributed by atoms with Gasteiger partial charge in [0.15, 0.2) is 0 Å². The third-order valence-electron chi connectivity index (χ3n) is 17.5. The van der Waals surface area contributed by atoms with E-state index in [9.17, 15) is 0 Å². The SMILES string of the molecule is CC(C)c1cc(C(C)C)c(-c2cc3c(c(-c4c5c(cc(-c6c(C(C)C)cc(C(C)C)cc6C(C)C)c4CP(c4ccccc4)c4ccccc4)CCCC5)c2CP(c2ccccc2)c2ccccc2)CCCC3)c(C(C)C)c1. The Hall–Kier alpha value is -5.38. The van der Waals surface area contributed by atoms with E-state index in [1.54, 1.807) is 44.5 Å². The molecule has 2 aliphatic carbocycles. The number of hydrogen-bond acceptors (Lipinski definition) is 0. The highest BCUT2D eigenvalue weighted by atomic mass is 31.1. The van der Waals surface area contributed by atoms with E-state index in [1.165, 1.54) is 103 Å². The Balaban J connectivity index is 1.45. The monoisotopic (exact) mass is 1060 g/mol. The van der Waals surface area contributed by atoms with E-state index in [0.29, 0.717) is 35.5 Å². The van der Waals surface area contributed by atoms with Gasteiger partial charge in [-0.25, -0.2) is 0 Å². The zero-order valence-corrected chi connectivity index (χ0v) is 51.2. The van der Waals surface area contributed by atoms with Crippen LogP contribution in [0.1, 0.15) is 211 Å². The lowest BCUT2D eigenvalue weighted by molar-refractivity contribution is 0.680. The quantitative estimate of drug-likeness (QED) is 0.0797. The summed E-state index contributed by atoms with van der Waals surface area (Å²) in [6.45, 7) is 29.3. The Morgan fingerprint density at radius 3 is 0.833 bits per heavy atom. The van der Waals surface area contributed by atoms with E-state index >= 15 is 0 Å². The second kappa shape index (κ2) is 24.5. The summed E-state index contributed by atoms with van der Waals surface area (Å²) in [6.07, 6.45) is 11.4. The van der Waals surface area contributed by atoms with Gasteiger partial charge < -0.3 is 0 Å². The second-order valence-electron chi connectivity index (χ2n) is 24.8. The summed E-state index contributed by atoms with van der Waals surface area (Å²) in [7, 11) is -1.63. The van der Waals surface area contributed by atoms with Gasteiger partial charge in [0.05, 0.1) is 0 Å². The molecule has 0 saturated heterocycles. The number of fused-ring (bicyclic) bond motifs is 2. The van der Waals surface area contributed by atoms with Crippen LogP contribution in [0.25, 0.3) is 33.4 Å². The molecule has 0 aliphatic heterocycles. The lowest BCUT2D eigenvalue weighted by atomic mass is 9.72. The Labute approximate surface area is 474 Å². The lowest BCUT2D eigenvalue weighted by Crippen LogP contribution is -2.19. The first kappa shape index (κ1) is 55.9. The summed E-state index contributed by atoms with van der Waals surface area (Å²) < 4.78 is 0. The molecule has 78 heavy (non-hydrogen) atoms. The molecule has 0 saturated carbocycles. The molecule has 8 aromatic rings. The molecule has 0 N–H and O–H groups in total. The molecule has 0 radical (unpaired) electrons. The van der Waals surface area contributed by atoms with Crippen molar-refractivity contribution >= 4 is 37.1 Å². The first-order valence-corrected chi connectivity index (χ1v) is 33.2. The van der Waals surface area contributed by atoms with Gasteiger partial charge in [-0.15, -0.1) is 0 Å². The van der Waals surface area contributed by atoms with E-state index in [1.807, 2.05) is 0 Å². The van der Waals surface area contributed by atoms with Crippen LogP contribution in [0.15, 0.2) is 158 Å². The fourth-order valence-electron chi connectivity index (χ4n) is 13.2. The molecule has 0 nitrogen and oxygen atoms in total. The maximum atomic E-state index is 2.79. The molecule has 10 rings (SSSR count). The molecular weight excluding hydrogens is 975 g/mol. The van der Waals surface area contributed by atoms with Gasteiger partial charge in [-0.1, -0.05) is 241 Å². The predicted octanol–water partition coefficient (Wildman–Crippen LogP) is 20.5. The van der Waals surface area contributed by atoms with Gasteiger partial charge in [0.1, 0.15) is 0 Å². The molecule has 0 amide bonds. The standard InChI is InChI=1S/C76H88P2/c1-49(2)57-43-65(51(5)6)73(66(44-57)52(7)8)69-41-55-29-25-27-39-63(55)75(71(69)47-77(59-31-17-13-18-32-59)60-33-19-14-20-34-60)76-64-40-28-26-30-56(64)42-70(74-67(53(9)10)45-58(50(3)4)46-68(74)54(11)12)72(76)48-78(61-35-21-15-22-36-61)62-37-23-16-24-38-62/h13-24,31-38,41-46,49-54H,25-30,39-40,47-48H2,1-12H3. The number of aryl methyl sites for hydroxylation is 2. The van der Waals surface area contributed by atoms with Gasteiger partial charge >= 0.3 is 0 Å². The van der Waals surface area contributed by atoms with E-state index in [2.05, 4.69) is 241 Å². The minimum atomic E-state index is -0.815. The topological polar surface area (TPSA) is 0 Å². The molecule has 8 aromatic carbocycles. The molecule has 0 heterocycles. The van der Waals surface area contributed by atoms with Crippen LogP contribution in [0.3, 0.4) is 0 Å². The number of rotatable bonds is 17. The van der Waals surface area contributed by atoms with Crippen molar-refractivity contribution in [1.82, 2.24) is 0 Å². The van der Waals surface area contributed by atoms with E-state index in [4.69, 9.17) is 0 Å². The highest BCUT2D eigenvalue weighted by Crippen LogP contribution is 2.56. The Kier molecular flexibility index (Phi) is 17.6. The average molecular weight is 1060 g/mol. The van der Waals surface area contributed by atoms with Crippen LogP contribution in [-0.2, 0) is 38.0 Å². The lowest BCUT2D eigenvalue weighted by Gasteiger charge is -2.35. The third-order valence-corrected chi connectivity index (χ3v) is 22.4. The van der Waals surface area contributed by atoms with Crippen LogP contribution in [-0.4, -0.2) is 0 Å². The van der Waals surface area contributed by atoms with E-state index < -0.39 is 15.8 Å². The van der Waals surface area contributed by atoms with Gasteiger partial charge in [-0.05, 0) is 224 Å². The molecule has 402 valence electrons. The zero-order valence-electron chi connectivity index (χ0n) is 49.4. The van der Waals surface area contributed by atoms with Crippen molar-refractivity contribution in [3.63, 3.8) is 0 Å². The number of hydrogen-bond donors (Lipinski definition) is 0. The zero-order chi connectivity index (χ0) is 54.8. The van der Waals surface area contributed by atoms with Crippen LogP contribution in [0.5, 0.6) is 0 Å². The van der Waals surface area contributed by atoms with Crippen molar-refractivity contribution in [2.75, 3.05) is 0 Å². The fraction of sp³-hybridized carbons (Fsp3) is 0.368. The highest BCUT2D eigenvalue weighted by Gasteiger charge is 2.35. The molecular formula is C76H88P2. The molecule has 2 aliphatic rings. The van der Waals surface area contributed by atoms with Crippen molar-refractivity contribution in [2.24, 2.45) is 0 Å². The minimum Gasteiger partial charge on any atom is -0.0622 e. The highest BCUT2D eigenvalue weighted by molar-refractivity contribution is 7.72. The molecule has 0 atom stereocenters. The molecule has 0 fully saturated rings. The summed E-state index contributed by atoms with van der Waals surface area (Å²) in [6, 6.07) is 62.8. The van der Waals surface area contributed by atoms with Crippen LogP contribution in [0.2, 0.25) is 0 Å². The maximum Gasteiger partial charge on any atom is 0.00199 e. The molecule has 2 heteroatoms. The van der Waals surface area contributed by atoms with Crippen molar-refractivity contribution in [3.05, 3.63) is 224 Å². The van der Waals surface area contributed by atoms with Crippen LogP contribution in [0, 0.1) is 0 Å². The fourth-order valence-corrected chi connectivity index (χ4v) is 18.0. The largest absolute Gasteiger partial charge is 0.0622 e. The van der Waals surface area contributed by atoms with Gasteiger partial charge in [0.2, 0.25) is 0 Å². The summed E-state index contributed by atoms with van der Waals surface area (Å²) in [5.41, 5.74) is 27.9. The summed E-state index contributed by atoms with van der Waals surface area (Å²) in [4.78, 5) is 0. The molecule has 0 spiro atoms. The van der Waals surface area contributed by atoms with Crippen LogP contribution < -0.4 is 21.2 Å². The van der Waals surface area contributed by atoms with Gasteiger partial charge in [0.25, 0.3) is 0 Å². The number of benzene rings is 8. The Morgan fingerprint density at radius 1 is 0.308 bits per heavy atom. The Bertz CT molecular complexity index is 2980. The van der Waals surface area contributed by atoms with Crippen molar-refractivity contribution in [3.8, 4) is 33.4 Å². The van der Waals surface area contributed by atoms with Crippen LogP contribution >= 0.6 is 15.8 Å². The van der Waals surface area contributed by atoms with E-state index in [-0.39, 0.29) is 0 Å². The van der Waals surface area contributed by atoms with Gasteiger partial charge in [0, 0.05) is 12.3 Å². The predicted molar refractivity (Wildman–Crippen MR) is 346 cm³/mol.